The lowest BCUT2D eigenvalue weighted by atomic mass is 10.0. The third kappa shape index (κ3) is 4.25. The number of hydrogen-bond acceptors (Lipinski definition) is 2. The van der Waals surface area contributed by atoms with Crippen LogP contribution in [0.25, 0.3) is 0 Å². The van der Waals surface area contributed by atoms with Crippen molar-refractivity contribution in [3.8, 4) is 0 Å². The van der Waals surface area contributed by atoms with Gasteiger partial charge in [0.05, 0.1) is 16.0 Å². The number of rotatable bonds is 4. The molecule has 8 heteroatoms. The summed E-state index contributed by atoms with van der Waals surface area (Å²) in [5.74, 6) is -2.54. The Hall–Kier alpha value is -1.53. The van der Waals surface area contributed by atoms with Gasteiger partial charge < -0.3 is 15.7 Å². The predicted molar refractivity (Wildman–Crippen MR) is 74.8 cm³/mol. The highest BCUT2D eigenvalue weighted by molar-refractivity contribution is 6.35. The van der Waals surface area contributed by atoms with Gasteiger partial charge in [-0.3, -0.25) is 4.79 Å². The number of nitrogens with one attached hydrogen (secondary N) is 2. The van der Waals surface area contributed by atoms with E-state index in [0.717, 1.165) is 0 Å². The smallest absolute Gasteiger partial charge is 0.319 e. The minimum absolute atomic E-state index is 0.203. The SMILES string of the molecule is CC(NC(=O)Nc1cc(Cl)c(F)c(Cl)c1)C(C)C(=O)O. The molecule has 0 aliphatic heterocycles. The highest BCUT2D eigenvalue weighted by Gasteiger charge is 2.21. The van der Waals surface area contributed by atoms with Crippen LogP contribution in [0.4, 0.5) is 14.9 Å². The van der Waals surface area contributed by atoms with Crippen molar-refractivity contribution in [3.63, 3.8) is 0 Å². The highest BCUT2D eigenvalue weighted by atomic mass is 35.5. The van der Waals surface area contributed by atoms with Gasteiger partial charge in [-0.25, -0.2) is 9.18 Å². The van der Waals surface area contributed by atoms with Crippen LogP contribution in [0.2, 0.25) is 10.0 Å². The van der Waals surface area contributed by atoms with E-state index in [4.69, 9.17) is 28.3 Å². The van der Waals surface area contributed by atoms with Gasteiger partial charge in [-0.05, 0) is 26.0 Å². The van der Waals surface area contributed by atoms with Crippen LogP contribution in [-0.2, 0) is 4.79 Å². The second-order valence-electron chi connectivity index (χ2n) is 4.27. The lowest BCUT2D eigenvalue weighted by Gasteiger charge is -2.18. The zero-order valence-corrected chi connectivity index (χ0v) is 12.2. The van der Waals surface area contributed by atoms with Crippen molar-refractivity contribution in [1.29, 1.82) is 0 Å². The molecule has 20 heavy (non-hydrogen) atoms. The summed E-state index contributed by atoms with van der Waals surface area (Å²) >= 11 is 11.2. The zero-order valence-electron chi connectivity index (χ0n) is 10.7. The van der Waals surface area contributed by atoms with Crippen molar-refractivity contribution >= 4 is 40.9 Å². The Morgan fingerprint density at radius 2 is 1.75 bits per heavy atom. The van der Waals surface area contributed by atoms with Gasteiger partial charge >= 0.3 is 12.0 Å². The van der Waals surface area contributed by atoms with Crippen molar-refractivity contribution in [2.45, 2.75) is 19.9 Å². The molecule has 5 nitrogen and oxygen atoms in total. The summed E-state index contributed by atoms with van der Waals surface area (Å²) in [5.41, 5.74) is 0.203. The number of carboxylic acids is 1. The fourth-order valence-electron chi connectivity index (χ4n) is 1.34. The number of amides is 2. The van der Waals surface area contributed by atoms with E-state index in [2.05, 4.69) is 10.6 Å². The highest BCUT2D eigenvalue weighted by Crippen LogP contribution is 2.27. The molecule has 2 unspecified atom stereocenters. The molecule has 1 aromatic rings. The van der Waals surface area contributed by atoms with Crippen molar-refractivity contribution in [2.24, 2.45) is 5.92 Å². The minimum Gasteiger partial charge on any atom is -0.481 e. The number of anilines is 1. The van der Waals surface area contributed by atoms with Crippen molar-refractivity contribution in [1.82, 2.24) is 5.32 Å². The van der Waals surface area contributed by atoms with E-state index < -0.39 is 29.8 Å². The van der Waals surface area contributed by atoms with Gasteiger partial charge in [0, 0.05) is 11.7 Å². The van der Waals surface area contributed by atoms with E-state index in [-0.39, 0.29) is 15.7 Å². The molecule has 1 aromatic carbocycles. The molecular formula is C12H13Cl2FN2O3. The Bertz CT molecular complexity index is 516. The summed E-state index contributed by atoms with van der Waals surface area (Å²) in [4.78, 5) is 22.4. The van der Waals surface area contributed by atoms with Crippen LogP contribution in [0.5, 0.6) is 0 Å². The summed E-state index contributed by atoms with van der Waals surface area (Å²) in [6.07, 6.45) is 0. The van der Waals surface area contributed by atoms with Gasteiger partial charge in [-0.2, -0.15) is 0 Å². The Balaban J connectivity index is 2.70. The number of aliphatic carboxylic acids is 1. The standard InChI is InChI=1S/C12H13Cl2FN2O3/c1-5(11(18)19)6(2)16-12(20)17-7-3-8(13)10(15)9(14)4-7/h3-6H,1-2H3,(H,18,19)(H2,16,17,20). The molecule has 1 rings (SSSR count). The molecule has 0 fully saturated rings. The number of urea groups is 1. The van der Waals surface area contributed by atoms with Gasteiger partial charge in [0.15, 0.2) is 5.82 Å². The maximum atomic E-state index is 13.2. The Morgan fingerprint density at radius 1 is 1.25 bits per heavy atom. The van der Waals surface area contributed by atoms with E-state index in [1.807, 2.05) is 0 Å². The Kier molecular flexibility index (Phi) is 5.59. The molecule has 0 saturated carbocycles. The first-order valence-corrected chi connectivity index (χ1v) is 6.42. The second kappa shape index (κ2) is 6.76. The van der Waals surface area contributed by atoms with Crippen LogP contribution in [0.3, 0.4) is 0 Å². The molecule has 0 aromatic heterocycles. The monoisotopic (exact) mass is 322 g/mol. The molecule has 3 N–H and O–H groups in total. The fraction of sp³-hybridized carbons (Fsp3) is 0.333. The number of benzene rings is 1. The van der Waals surface area contributed by atoms with Crippen LogP contribution in [0.15, 0.2) is 12.1 Å². The molecule has 0 aliphatic carbocycles. The van der Waals surface area contributed by atoms with E-state index in [1.165, 1.54) is 19.1 Å². The Morgan fingerprint density at radius 3 is 2.20 bits per heavy atom. The lowest BCUT2D eigenvalue weighted by molar-refractivity contribution is -0.141. The zero-order chi connectivity index (χ0) is 15.4. The lowest BCUT2D eigenvalue weighted by Crippen LogP contribution is -2.42. The maximum Gasteiger partial charge on any atom is 0.319 e. The van der Waals surface area contributed by atoms with Gasteiger partial charge in [0.1, 0.15) is 0 Å². The van der Waals surface area contributed by atoms with Crippen molar-refractivity contribution in [2.75, 3.05) is 5.32 Å². The molecule has 110 valence electrons. The van der Waals surface area contributed by atoms with E-state index in [9.17, 15) is 14.0 Å². The molecule has 0 heterocycles. The predicted octanol–water partition coefficient (Wildman–Crippen LogP) is 3.36. The summed E-state index contributed by atoms with van der Waals surface area (Å²) < 4.78 is 13.2. The van der Waals surface area contributed by atoms with Crippen LogP contribution < -0.4 is 10.6 Å². The average Bonchev–Trinajstić information content (AvgIpc) is 2.34. The molecule has 2 atom stereocenters. The number of carboxylic acid groups (broad SMARTS) is 1. The van der Waals surface area contributed by atoms with Crippen LogP contribution in [-0.4, -0.2) is 23.1 Å². The Labute approximate surface area is 125 Å². The van der Waals surface area contributed by atoms with E-state index >= 15 is 0 Å². The third-order valence-electron chi connectivity index (χ3n) is 2.74. The molecule has 2 amide bonds. The van der Waals surface area contributed by atoms with Crippen LogP contribution in [0, 0.1) is 11.7 Å². The first kappa shape index (κ1) is 16.5. The topological polar surface area (TPSA) is 78.4 Å². The average molecular weight is 323 g/mol. The van der Waals surface area contributed by atoms with Gasteiger partial charge in [0.2, 0.25) is 0 Å². The summed E-state index contributed by atoms with van der Waals surface area (Å²) in [6.45, 7) is 3.03. The second-order valence-corrected chi connectivity index (χ2v) is 5.08. The van der Waals surface area contributed by atoms with Crippen LogP contribution in [0.1, 0.15) is 13.8 Å². The fourth-order valence-corrected chi connectivity index (χ4v) is 1.83. The minimum atomic E-state index is -1.02. The molecule has 0 aliphatic rings. The molecule has 0 radical (unpaired) electrons. The quantitative estimate of drug-likeness (QED) is 0.744. The summed E-state index contributed by atoms with van der Waals surface area (Å²) in [6, 6.07) is 1.18. The van der Waals surface area contributed by atoms with Gasteiger partial charge in [-0.15, -0.1) is 0 Å². The third-order valence-corrected chi connectivity index (χ3v) is 3.29. The number of hydrogen-bond donors (Lipinski definition) is 3. The summed E-state index contributed by atoms with van der Waals surface area (Å²) in [5, 5.41) is 13.2. The normalized spacial score (nSPS) is 13.4. The molecular weight excluding hydrogens is 310 g/mol. The largest absolute Gasteiger partial charge is 0.481 e. The molecule has 0 spiro atoms. The van der Waals surface area contributed by atoms with Crippen LogP contribution >= 0.6 is 23.2 Å². The number of carbonyl (C=O) groups is 2. The van der Waals surface area contributed by atoms with E-state index in [0.29, 0.717) is 0 Å². The first-order chi connectivity index (χ1) is 9.22. The van der Waals surface area contributed by atoms with Crippen molar-refractivity contribution < 1.29 is 19.1 Å². The summed E-state index contributed by atoms with van der Waals surface area (Å²) in [7, 11) is 0. The number of carbonyl (C=O) groups excluding carboxylic acids is 1. The number of halogens is 3. The van der Waals surface area contributed by atoms with Gasteiger partial charge in [0.25, 0.3) is 0 Å². The van der Waals surface area contributed by atoms with E-state index in [1.54, 1.807) is 6.92 Å². The first-order valence-electron chi connectivity index (χ1n) is 5.67. The maximum absolute atomic E-state index is 13.2. The molecule has 0 saturated heterocycles. The van der Waals surface area contributed by atoms with Gasteiger partial charge in [-0.1, -0.05) is 23.2 Å². The van der Waals surface area contributed by atoms with Crippen molar-refractivity contribution in [3.05, 3.63) is 28.0 Å². The molecule has 0 bridgehead atoms.